The van der Waals surface area contributed by atoms with Gasteiger partial charge in [-0.1, -0.05) is 49.6 Å². The molecule has 0 aromatic heterocycles. The van der Waals surface area contributed by atoms with Crippen molar-refractivity contribution in [2.45, 2.75) is 43.0 Å². The van der Waals surface area contributed by atoms with E-state index in [-0.39, 0.29) is 6.54 Å². The molecule has 1 atom stereocenters. The van der Waals surface area contributed by atoms with Crippen LogP contribution < -0.4 is 5.73 Å². The summed E-state index contributed by atoms with van der Waals surface area (Å²) >= 11 is 1.89. The van der Waals surface area contributed by atoms with Gasteiger partial charge in [0.2, 0.25) is 0 Å². The lowest BCUT2D eigenvalue weighted by Crippen LogP contribution is -2.38. The molecule has 3 heteroatoms. The number of nitrogens with two attached hydrogens (primary N) is 1. The van der Waals surface area contributed by atoms with E-state index in [0.29, 0.717) is 11.0 Å². The highest BCUT2D eigenvalue weighted by Crippen LogP contribution is 2.33. The third-order valence-electron chi connectivity index (χ3n) is 3.76. The monoisotopic (exact) mass is 265 g/mol. The molecule has 1 saturated carbocycles. The molecule has 3 N–H and O–H groups in total. The van der Waals surface area contributed by atoms with E-state index in [1.807, 2.05) is 42.1 Å². The van der Waals surface area contributed by atoms with Crippen LogP contribution in [0.15, 0.2) is 30.3 Å². The maximum absolute atomic E-state index is 10.7. The fraction of sp³-hybridized carbons (Fsp3) is 0.600. The molecule has 0 aliphatic heterocycles. The van der Waals surface area contributed by atoms with E-state index in [4.69, 9.17) is 5.73 Å². The molecule has 2 nitrogen and oxygen atoms in total. The van der Waals surface area contributed by atoms with Crippen LogP contribution in [0.1, 0.15) is 37.7 Å². The van der Waals surface area contributed by atoms with E-state index >= 15 is 0 Å². The van der Waals surface area contributed by atoms with Gasteiger partial charge in [0, 0.05) is 17.5 Å². The fourth-order valence-corrected chi connectivity index (χ4v) is 3.96. The van der Waals surface area contributed by atoms with Crippen molar-refractivity contribution >= 4 is 11.8 Å². The number of aliphatic hydroxyl groups is 1. The Labute approximate surface area is 114 Å². The Morgan fingerprint density at radius 3 is 2.44 bits per heavy atom. The fourth-order valence-electron chi connectivity index (χ4n) is 2.50. The first-order valence-corrected chi connectivity index (χ1v) is 7.89. The zero-order valence-electron chi connectivity index (χ0n) is 10.8. The minimum Gasteiger partial charge on any atom is -0.383 e. The summed E-state index contributed by atoms with van der Waals surface area (Å²) in [7, 11) is 0. The normalized spacial score (nSPS) is 20.6. The van der Waals surface area contributed by atoms with Gasteiger partial charge in [-0.15, -0.1) is 0 Å². The van der Waals surface area contributed by atoms with Crippen molar-refractivity contribution in [3.8, 4) is 0 Å². The van der Waals surface area contributed by atoms with Gasteiger partial charge in [0.25, 0.3) is 0 Å². The Morgan fingerprint density at radius 2 is 1.83 bits per heavy atom. The summed E-state index contributed by atoms with van der Waals surface area (Å²) in [5.41, 5.74) is 5.86. The van der Waals surface area contributed by atoms with Crippen molar-refractivity contribution in [1.82, 2.24) is 0 Å². The Balaban J connectivity index is 1.95. The summed E-state index contributed by atoms with van der Waals surface area (Å²) < 4.78 is 0. The standard InChI is InChI=1S/C15H23NOS/c16-11-15(17,13-7-3-1-4-8-13)12-18-14-9-5-2-6-10-14/h1,3-4,7-8,14,17H,2,5-6,9-12,16H2. The summed E-state index contributed by atoms with van der Waals surface area (Å²) in [6, 6.07) is 9.82. The first kappa shape index (κ1) is 13.9. The van der Waals surface area contributed by atoms with Crippen LogP contribution in [0.5, 0.6) is 0 Å². The highest BCUT2D eigenvalue weighted by molar-refractivity contribution is 7.99. The van der Waals surface area contributed by atoms with E-state index < -0.39 is 5.60 Å². The van der Waals surface area contributed by atoms with Crippen LogP contribution in [-0.4, -0.2) is 22.7 Å². The van der Waals surface area contributed by atoms with Gasteiger partial charge in [0.1, 0.15) is 5.60 Å². The molecule has 1 fully saturated rings. The van der Waals surface area contributed by atoms with Crippen molar-refractivity contribution in [2.24, 2.45) is 5.73 Å². The molecule has 100 valence electrons. The SMILES string of the molecule is NCC(O)(CSC1CCCCC1)c1ccccc1. The molecule has 1 aromatic rings. The first-order valence-electron chi connectivity index (χ1n) is 6.84. The van der Waals surface area contributed by atoms with E-state index in [9.17, 15) is 5.11 Å². The molecule has 1 aliphatic rings. The molecule has 0 bridgehead atoms. The van der Waals surface area contributed by atoms with E-state index in [1.165, 1.54) is 32.1 Å². The minimum absolute atomic E-state index is 0.288. The Morgan fingerprint density at radius 1 is 1.17 bits per heavy atom. The average molecular weight is 265 g/mol. The second kappa shape index (κ2) is 6.60. The van der Waals surface area contributed by atoms with Gasteiger partial charge in [0.15, 0.2) is 0 Å². The van der Waals surface area contributed by atoms with Crippen LogP contribution >= 0.6 is 11.8 Å². The van der Waals surface area contributed by atoms with Crippen molar-refractivity contribution in [3.05, 3.63) is 35.9 Å². The predicted molar refractivity (Wildman–Crippen MR) is 78.7 cm³/mol. The topological polar surface area (TPSA) is 46.2 Å². The molecule has 0 amide bonds. The molecule has 18 heavy (non-hydrogen) atoms. The Hall–Kier alpha value is -0.510. The van der Waals surface area contributed by atoms with Gasteiger partial charge in [-0.2, -0.15) is 11.8 Å². The van der Waals surface area contributed by atoms with Gasteiger partial charge in [-0.05, 0) is 18.4 Å². The van der Waals surface area contributed by atoms with Gasteiger partial charge < -0.3 is 10.8 Å². The molecule has 0 saturated heterocycles. The summed E-state index contributed by atoms with van der Waals surface area (Å²) in [6.45, 7) is 0.288. The molecule has 0 spiro atoms. The molecule has 1 unspecified atom stereocenters. The number of hydrogen-bond donors (Lipinski definition) is 2. The smallest absolute Gasteiger partial charge is 0.111 e. The summed E-state index contributed by atoms with van der Waals surface area (Å²) in [6.07, 6.45) is 6.63. The highest BCUT2D eigenvalue weighted by Gasteiger charge is 2.29. The van der Waals surface area contributed by atoms with Crippen LogP contribution in [0.2, 0.25) is 0 Å². The second-order valence-electron chi connectivity index (χ2n) is 5.17. The minimum atomic E-state index is -0.872. The van der Waals surface area contributed by atoms with Crippen LogP contribution in [0.25, 0.3) is 0 Å². The third-order valence-corrected chi connectivity index (χ3v) is 5.35. The molecular formula is C15H23NOS. The van der Waals surface area contributed by atoms with E-state index in [0.717, 1.165) is 5.56 Å². The Bertz CT molecular complexity index is 351. The summed E-state index contributed by atoms with van der Waals surface area (Å²) in [5, 5.41) is 11.4. The zero-order valence-corrected chi connectivity index (χ0v) is 11.7. The van der Waals surface area contributed by atoms with Crippen LogP contribution in [0, 0.1) is 0 Å². The lowest BCUT2D eigenvalue weighted by atomic mass is 9.96. The molecular weight excluding hydrogens is 242 g/mol. The lowest BCUT2D eigenvalue weighted by Gasteiger charge is -2.30. The van der Waals surface area contributed by atoms with Gasteiger partial charge in [-0.25, -0.2) is 0 Å². The lowest BCUT2D eigenvalue weighted by molar-refractivity contribution is 0.0719. The summed E-state index contributed by atoms with van der Waals surface area (Å²) in [5.74, 6) is 0.707. The largest absolute Gasteiger partial charge is 0.383 e. The van der Waals surface area contributed by atoms with E-state index in [1.54, 1.807) is 0 Å². The van der Waals surface area contributed by atoms with Crippen molar-refractivity contribution < 1.29 is 5.11 Å². The van der Waals surface area contributed by atoms with Gasteiger partial charge >= 0.3 is 0 Å². The summed E-state index contributed by atoms with van der Waals surface area (Å²) in [4.78, 5) is 0. The molecule has 0 heterocycles. The Kier molecular flexibility index (Phi) is 5.10. The zero-order chi connectivity index (χ0) is 12.8. The third kappa shape index (κ3) is 3.50. The molecule has 0 radical (unpaired) electrons. The molecule has 1 aromatic carbocycles. The van der Waals surface area contributed by atoms with Crippen molar-refractivity contribution in [2.75, 3.05) is 12.3 Å². The maximum Gasteiger partial charge on any atom is 0.111 e. The molecule has 2 rings (SSSR count). The van der Waals surface area contributed by atoms with Crippen LogP contribution in [0.4, 0.5) is 0 Å². The number of thioether (sulfide) groups is 1. The van der Waals surface area contributed by atoms with Crippen molar-refractivity contribution in [1.29, 1.82) is 0 Å². The predicted octanol–water partition coefficient (Wildman–Crippen LogP) is 2.90. The van der Waals surface area contributed by atoms with E-state index in [2.05, 4.69) is 0 Å². The average Bonchev–Trinajstić information content (AvgIpc) is 2.47. The van der Waals surface area contributed by atoms with Gasteiger partial charge in [0.05, 0.1) is 0 Å². The molecule has 1 aliphatic carbocycles. The van der Waals surface area contributed by atoms with Gasteiger partial charge in [-0.3, -0.25) is 0 Å². The number of hydrogen-bond acceptors (Lipinski definition) is 3. The highest BCUT2D eigenvalue weighted by atomic mass is 32.2. The number of benzene rings is 1. The first-order chi connectivity index (χ1) is 8.74. The quantitative estimate of drug-likeness (QED) is 0.860. The van der Waals surface area contributed by atoms with Crippen molar-refractivity contribution in [3.63, 3.8) is 0 Å². The number of rotatable bonds is 5. The maximum atomic E-state index is 10.7. The van der Waals surface area contributed by atoms with Crippen LogP contribution in [0.3, 0.4) is 0 Å². The second-order valence-corrected chi connectivity index (χ2v) is 6.46. The van der Waals surface area contributed by atoms with Crippen LogP contribution in [-0.2, 0) is 5.60 Å².